The number of morpholine rings is 1. The first-order valence-electron chi connectivity index (χ1n) is 7.38. The second-order valence-corrected chi connectivity index (χ2v) is 6.18. The molecule has 2 aliphatic carbocycles. The molecule has 0 bridgehead atoms. The first kappa shape index (κ1) is 11.7. The molecule has 0 radical (unpaired) electrons. The number of fused-ring (bicyclic) bond motifs is 3. The molecule has 2 fully saturated rings. The molecule has 3 heteroatoms. The van der Waals surface area contributed by atoms with Crippen molar-refractivity contribution in [3.63, 3.8) is 0 Å². The molecule has 1 saturated carbocycles. The van der Waals surface area contributed by atoms with Crippen LogP contribution < -0.4 is 10.1 Å². The van der Waals surface area contributed by atoms with Crippen LogP contribution in [0, 0.1) is 0 Å². The highest BCUT2D eigenvalue weighted by Crippen LogP contribution is 2.46. The summed E-state index contributed by atoms with van der Waals surface area (Å²) in [4.78, 5) is 0. The van der Waals surface area contributed by atoms with Gasteiger partial charge in [-0.15, -0.1) is 0 Å². The van der Waals surface area contributed by atoms with Crippen molar-refractivity contribution in [3.8, 4) is 5.75 Å². The molecule has 0 amide bonds. The van der Waals surface area contributed by atoms with Crippen LogP contribution >= 0.6 is 0 Å². The molecule has 102 valence electrons. The van der Waals surface area contributed by atoms with E-state index in [0.717, 1.165) is 18.7 Å². The molecule has 1 aliphatic heterocycles. The topological polar surface area (TPSA) is 30.5 Å². The van der Waals surface area contributed by atoms with Gasteiger partial charge in [-0.3, -0.25) is 0 Å². The summed E-state index contributed by atoms with van der Waals surface area (Å²) >= 11 is 0. The van der Waals surface area contributed by atoms with E-state index in [1.54, 1.807) is 7.11 Å². The number of ether oxygens (including phenoxy) is 2. The van der Waals surface area contributed by atoms with Crippen molar-refractivity contribution in [2.24, 2.45) is 0 Å². The zero-order valence-electron chi connectivity index (χ0n) is 11.4. The lowest BCUT2D eigenvalue weighted by molar-refractivity contribution is -0.129. The third-order valence-electron chi connectivity index (χ3n) is 5.04. The van der Waals surface area contributed by atoms with Gasteiger partial charge >= 0.3 is 0 Å². The zero-order valence-corrected chi connectivity index (χ0v) is 11.4. The van der Waals surface area contributed by atoms with Gasteiger partial charge in [-0.25, -0.2) is 0 Å². The van der Waals surface area contributed by atoms with Gasteiger partial charge in [0.15, 0.2) is 0 Å². The third-order valence-corrected chi connectivity index (χ3v) is 5.04. The van der Waals surface area contributed by atoms with Crippen LogP contribution in [0.4, 0.5) is 0 Å². The second kappa shape index (κ2) is 4.22. The maximum atomic E-state index is 6.57. The SMILES string of the molecule is COc1ccc2c(c1)C1OC3(CCCC3)CNC1C2. The molecule has 2 atom stereocenters. The minimum absolute atomic E-state index is 0.103. The molecule has 1 spiro atoms. The smallest absolute Gasteiger partial charge is 0.119 e. The molecule has 1 saturated heterocycles. The molecule has 0 aromatic heterocycles. The molecular weight excluding hydrogens is 238 g/mol. The second-order valence-electron chi connectivity index (χ2n) is 6.18. The highest BCUT2D eigenvalue weighted by molar-refractivity contribution is 5.42. The summed E-state index contributed by atoms with van der Waals surface area (Å²) in [5.74, 6) is 0.939. The van der Waals surface area contributed by atoms with Gasteiger partial charge < -0.3 is 14.8 Å². The number of rotatable bonds is 1. The normalized spacial score (nSPS) is 31.2. The lowest BCUT2D eigenvalue weighted by Gasteiger charge is -2.41. The Hall–Kier alpha value is -1.06. The van der Waals surface area contributed by atoms with E-state index in [4.69, 9.17) is 9.47 Å². The molecule has 4 rings (SSSR count). The van der Waals surface area contributed by atoms with Crippen LogP contribution in [0.1, 0.15) is 42.9 Å². The highest BCUT2D eigenvalue weighted by atomic mass is 16.5. The Morgan fingerprint density at radius 1 is 1.32 bits per heavy atom. The maximum Gasteiger partial charge on any atom is 0.119 e. The molecular formula is C16H21NO2. The Balaban J connectivity index is 1.67. The fraction of sp³-hybridized carbons (Fsp3) is 0.625. The van der Waals surface area contributed by atoms with E-state index in [1.165, 1.54) is 36.8 Å². The van der Waals surface area contributed by atoms with Crippen LogP contribution in [0.3, 0.4) is 0 Å². The molecule has 1 aromatic rings. The average Bonchev–Trinajstić information content (AvgIpc) is 3.03. The standard InChI is InChI=1S/C16H21NO2/c1-18-12-5-4-11-8-14-15(13(11)9-12)19-16(10-17-14)6-2-3-7-16/h4-5,9,14-15,17H,2-3,6-8,10H2,1H3. The lowest BCUT2D eigenvalue weighted by atomic mass is 9.96. The largest absolute Gasteiger partial charge is 0.497 e. The van der Waals surface area contributed by atoms with Crippen molar-refractivity contribution in [2.45, 2.75) is 49.9 Å². The number of benzene rings is 1. The van der Waals surface area contributed by atoms with E-state index in [2.05, 4.69) is 23.5 Å². The zero-order chi connectivity index (χ0) is 12.9. The fourth-order valence-electron chi connectivity index (χ4n) is 3.98. The minimum atomic E-state index is 0.103. The molecule has 1 aromatic carbocycles. The molecule has 1 heterocycles. The predicted octanol–water partition coefficient (Wildman–Crippen LogP) is 2.59. The molecule has 3 aliphatic rings. The predicted molar refractivity (Wildman–Crippen MR) is 73.5 cm³/mol. The Morgan fingerprint density at radius 3 is 2.95 bits per heavy atom. The van der Waals surface area contributed by atoms with E-state index in [1.807, 2.05) is 0 Å². The van der Waals surface area contributed by atoms with Crippen LogP contribution in [0.5, 0.6) is 5.75 Å². The van der Waals surface area contributed by atoms with E-state index in [0.29, 0.717) is 6.04 Å². The minimum Gasteiger partial charge on any atom is -0.497 e. The molecule has 1 N–H and O–H groups in total. The van der Waals surface area contributed by atoms with Gasteiger partial charge in [-0.2, -0.15) is 0 Å². The van der Waals surface area contributed by atoms with E-state index >= 15 is 0 Å². The number of methoxy groups -OCH3 is 1. The Morgan fingerprint density at radius 2 is 2.16 bits per heavy atom. The summed E-state index contributed by atoms with van der Waals surface area (Å²) in [5.41, 5.74) is 2.85. The van der Waals surface area contributed by atoms with E-state index < -0.39 is 0 Å². The van der Waals surface area contributed by atoms with Crippen molar-refractivity contribution < 1.29 is 9.47 Å². The van der Waals surface area contributed by atoms with Crippen molar-refractivity contribution in [1.29, 1.82) is 0 Å². The lowest BCUT2D eigenvalue weighted by Crippen LogP contribution is -2.53. The molecule has 2 unspecified atom stereocenters. The van der Waals surface area contributed by atoms with Gasteiger partial charge in [0.05, 0.1) is 18.8 Å². The quantitative estimate of drug-likeness (QED) is 0.841. The van der Waals surface area contributed by atoms with Gasteiger partial charge in [0.2, 0.25) is 0 Å². The summed E-state index contributed by atoms with van der Waals surface area (Å²) in [6.45, 7) is 1.03. The van der Waals surface area contributed by atoms with Crippen molar-refractivity contribution in [2.75, 3.05) is 13.7 Å². The van der Waals surface area contributed by atoms with Gasteiger partial charge in [0.1, 0.15) is 5.75 Å². The van der Waals surface area contributed by atoms with Crippen LogP contribution in [-0.2, 0) is 11.2 Å². The Kier molecular flexibility index (Phi) is 2.61. The molecule has 3 nitrogen and oxygen atoms in total. The van der Waals surface area contributed by atoms with Gasteiger partial charge in [0.25, 0.3) is 0 Å². The van der Waals surface area contributed by atoms with Crippen molar-refractivity contribution >= 4 is 0 Å². The van der Waals surface area contributed by atoms with Crippen LogP contribution in [0.2, 0.25) is 0 Å². The first-order valence-corrected chi connectivity index (χ1v) is 7.38. The number of hydrogen-bond acceptors (Lipinski definition) is 3. The average molecular weight is 259 g/mol. The maximum absolute atomic E-state index is 6.57. The van der Waals surface area contributed by atoms with Crippen molar-refractivity contribution in [3.05, 3.63) is 29.3 Å². The monoisotopic (exact) mass is 259 g/mol. The Labute approximate surface area is 114 Å². The van der Waals surface area contributed by atoms with Gasteiger partial charge in [-0.1, -0.05) is 18.9 Å². The number of hydrogen-bond donors (Lipinski definition) is 1. The highest BCUT2D eigenvalue weighted by Gasteiger charge is 2.46. The summed E-state index contributed by atoms with van der Waals surface area (Å²) in [5, 5.41) is 3.73. The number of nitrogens with one attached hydrogen (secondary N) is 1. The van der Waals surface area contributed by atoms with Crippen LogP contribution in [0.25, 0.3) is 0 Å². The van der Waals surface area contributed by atoms with Crippen LogP contribution in [0.15, 0.2) is 18.2 Å². The summed E-state index contributed by atoms with van der Waals surface area (Å²) in [6, 6.07) is 6.86. The van der Waals surface area contributed by atoms with Crippen LogP contribution in [-0.4, -0.2) is 25.3 Å². The summed E-state index contributed by atoms with van der Waals surface area (Å²) in [6.07, 6.45) is 6.34. The summed E-state index contributed by atoms with van der Waals surface area (Å²) < 4.78 is 11.9. The molecule has 19 heavy (non-hydrogen) atoms. The fourth-order valence-corrected chi connectivity index (χ4v) is 3.98. The van der Waals surface area contributed by atoms with Gasteiger partial charge in [-0.05, 0) is 42.5 Å². The van der Waals surface area contributed by atoms with Crippen molar-refractivity contribution in [1.82, 2.24) is 5.32 Å². The van der Waals surface area contributed by atoms with E-state index in [-0.39, 0.29) is 11.7 Å². The Bertz CT molecular complexity index is 494. The first-order chi connectivity index (χ1) is 9.30. The van der Waals surface area contributed by atoms with E-state index in [9.17, 15) is 0 Å². The van der Waals surface area contributed by atoms with Gasteiger partial charge in [0, 0.05) is 12.6 Å². The summed E-state index contributed by atoms with van der Waals surface area (Å²) in [7, 11) is 1.73. The third kappa shape index (κ3) is 1.79.